The fourth-order valence-electron chi connectivity index (χ4n) is 3.18. The Labute approximate surface area is 182 Å². The first-order valence-corrected chi connectivity index (χ1v) is 10.5. The van der Waals surface area contributed by atoms with E-state index in [1.54, 1.807) is 47.4 Å². The number of ether oxygens (including phenoxy) is 1. The summed E-state index contributed by atoms with van der Waals surface area (Å²) in [6.07, 6.45) is 0.867. The van der Waals surface area contributed by atoms with Gasteiger partial charge in [0.05, 0.1) is 21.8 Å². The number of hydrogen-bond donors (Lipinski definition) is 2. The van der Waals surface area contributed by atoms with Crippen LogP contribution in [0.2, 0.25) is 5.02 Å². The van der Waals surface area contributed by atoms with Crippen molar-refractivity contribution in [3.63, 3.8) is 0 Å². The van der Waals surface area contributed by atoms with Gasteiger partial charge in [0.15, 0.2) is 0 Å². The molecule has 0 atom stereocenters. The van der Waals surface area contributed by atoms with Gasteiger partial charge < -0.3 is 20.3 Å². The quantitative estimate of drug-likeness (QED) is 0.632. The SMILES string of the molecule is CC(C)CCN1C(=O)C(C)(C)COc2ccc(NC(=O)Nc3ccccc3Cl)cc21. The number of carbonyl (C=O) groups is 2. The van der Waals surface area contributed by atoms with E-state index in [9.17, 15) is 9.59 Å². The predicted octanol–water partition coefficient (Wildman–Crippen LogP) is 5.78. The molecule has 0 bridgehead atoms. The van der Waals surface area contributed by atoms with Crippen LogP contribution >= 0.6 is 11.6 Å². The molecule has 1 aliphatic heterocycles. The van der Waals surface area contributed by atoms with Gasteiger partial charge in [-0.3, -0.25) is 4.79 Å². The Balaban J connectivity index is 1.84. The lowest BCUT2D eigenvalue weighted by Gasteiger charge is -2.28. The number of amides is 3. The average molecular weight is 430 g/mol. The van der Waals surface area contributed by atoms with Gasteiger partial charge in [-0.25, -0.2) is 4.79 Å². The molecule has 0 aliphatic carbocycles. The van der Waals surface area contributed by atoms with Crippen molar-refractivity contribution in [2.24, 2.45) is 11.3 Å². The molecule has 0 saturated heterocycles. The number of rotatable bonds is 5. The maximum Gasteiger partial charge on any atom is 0.323 e. The third kappa shape index (κ3) is 5.05. The average Bonchev–Trinajstić information content (AvgIpc) is 2.77. The van der Waals surface area contributed by atoms with Crippen molar-refractivity contribution in [2.45, 2.75) is 34.1 Å². The van der Waals surface area contributed by atoms with Gasteiger partial charge >= 0.3 is 6.03 Å². The Morgan fingerprint density at radius 1 is 1.20 bits per heavy atom. The van der Waals surface area contributed by atoms with Gasteiger partial charge in [0.2, 0.25) is 5.91 Å². The molecule has 7 heteroatoms. The fourth-order valence-corrected chi connectivity index (χ4v) is 3.36. The zero-order chi connectivity index (χ0) is 21.9. The zero-order valence-electron chi connectivity index (χ0n) is 17.8. The van der Waals surface area contributed by atoms with Crippen LogP contribution in [-0.2, 0) is 4.79 Å². The highest BCUT2D eigenvalue weighted by atomic mass is 35.5. The summed E-state index contributed by atoms with van der Waals surface area (Å²) in [5.41, 5.74) is 1.11. The second-order valence-corrected chi connectivity index (χ2v) is 8.96. The number of urea groups is 1. The van der Waals surface area contributed by atoms with Crippen LogP contribution in [0.4, 0.5) is 21.9 Å². The van der Waals surface area contributed by atoms with E-state index in [-0.39, 0.29) is 5.91 Å². The van der Waals surface area contributed by atoms with Gasteiger partial charge in [0.25, 0.3) is 0 Å². The first-order chi connectivity index (χ1) is 14.2. The van der Waals surface area contributed by atoms with Crippen LogP contribution in [0.15, 0.2) is 42.5 Å². The molecule has 2 aromatic rings. The highest BCUT2D eigenvalue weighted by Gasteiger charge is 2.37. The molecule has 6 nitrogen and oxygen atoms in total. The summed E-state index contributed by atoms with van der Waals surface area (Å²) in [5.74, 6) is 1.10. The van der Waals surface area contributed by atoms with Gasteiger partial charge in [0.1, 0.15) is 12.4 Å². The molecule has 0 spiro atoms. The van der Waals surface area contributed by atoms with Gasteiger partial charge in [-0.1, -0.05) is 37.6 Å². The van der Waals surface area contributed by atoms with E-state index in [4.69, 9.17) is 16.3 Å². The summed E-state index contributed by atoms with van der Waals surface area (Å²) in [7, 11) is 0. The second-order valence-electron chi connectivity index (χ2n) is 8.55. The number of halogens is 1. The number of para-hydroxylation sites is 1. The Kier molecular flexibility index (Phi) is 6.56. The maximum absolute atomic E-state index is 13.2. The van der Waals surface area contributed by atoms with Crippen molar-refractivity contribution in [3.8, 4) is 5.75 Å². The Bertz CT molecular complexity index is 943. The molecule has 0 unspecified atom stereocenters. The highest BCUT2D eigenvalue weighted by Crippen LogP contribution is 2.38. The first kappa shape index (κ1) is 22.0. The van der Waals surface area contributed by atoms with Gasteiger partial charge in [-0.15, -0.1) is 0 Å². The van der Waals surface area contributed by atoms with Crippen LogP contribution < -0.4 is 20.3 Å². The molecule has 3 rings (SSSR count). The summed E-state index contributed by atoms with van der Waals surface area (Å²) in [6, 6.07) is 11.9. The van der Waals surface area contributed by atoms with E-state index >= 15 is 0 Å². The third-order valence-electron chi connectivity index (χ3n) is 4.97. The maximum atomic E-state index is 13.2. The minimum absolute atomic E-state index is 0.0135. The molecule has 1 aliphatic rings. The molecule has 0 saturated carbocycles. The van der Waals surface area contributed by atoms with Crippen molar-refractivity contribution < 1.29 is 14.3 Å². The first-order valence-electron chi connectivity index (χ1n) is 10.1. The number of fused-ring (bicyclic) bond motifs is 1. The van der Waals surface area contributed by atoms with Crippen LogP contribution in [-0.4, -0.2) is 25.1 Å². The standard InChI is InChI=1S/C23H28ClN3O3/c1-15(2)11-12-27-19-13-16(9-10-20(19)30-14-23(3,4)21(27)28)25-22(29)26-18-8-6-5-7-17(18)24/h5-10,13,15H,11-12,14H2,1-4H3,(H2,25,26,29). The van der Waals surface area contributed by atoms with Gasteiger partial charge in [-0.05, 0) is 56.5 Å². The lowest BCUT2D eigenvalue weighted by atomic mass is 9.92. The lowest BCUT2D eigenvalue weighted by Crippen LogP contribution is -2.42. The predicted molar refractivity (Wildman–Crippen MR) is 122 cm³/mol. The van der Waals surface area contributed by atoms with Gasteiger partial charge in [-0.2, -0.15) is 0 Å². The van der Waals surface area contributed by atoms with Crippen LogP contribution in [0, 0.1) is 11.3 Å². The van der Waals surface area contributed by atoms with Crippen molar-refractivity contribution in [1.82, 2.24) is 0 Å². The smallest absolute Gasteiger partial charge is 0.323 e. The molecule has 2 N–H and O–H groups in total. The zero-order valence-corrected chi connectivity index (χ0v) is 18.5. The highest BCUT2D eigenvalue weighted by molar-refractivity contribution is 6.33. The van der Waals surface area contributed by atoms with Gasteiger partial charge in [0, 0.05) is 12.2 Å². The lowest BCUT2D eigenvalue weighted by molar-refractivity contribution is -0.127. The van der Waals surface area contributed by atoms with Crippen LogP contribution in [0.25, 0.3) is 0 Å². The number of nitrogens with one attached hydrogen (secondary N) is 2. The van der Waals surface area contributed by atoms with E-state index in [2.05, 4.69) is 24.5 Å². The van der Waals surface area contributed by atoms with E-state index in [0.29, 0.717) is 46.9 Å². The minimum Gasteiger partial charge on any atom is -0.490 e. The number of nitrogens with zero attached hydrogens (tertiary/aromatic N) is 1. The van der Waals surface area contributed by atoms with Crippen LogP contribution in [0.3, 0.4) is 0 Å². The van der Waals surface area contributed by atoms with E-state index in [1.165, 1.54) is 0 Å². The molecule has 2 aromatic carbocycles. The molecule has 0 aromatic heterocycles. The molecule has 3 amide bonds. The Morgan fingerprint density at radius 2 is 1.93 bits per heavy atom. The number of hydrogen-bond acceptors (Lipinski definition) is 3. The molecule has 1 heterocycles. The van der Waals surface area contributed by atoms with Crippen molar-refractivity contribution in [2.75, 3.05) is 28.7 Å². The van der Waals surface area contributed by atoms with Crippen LogP contribution in [0.1, 0.15) is 34.1 Å². The van der Waals surface area contributed by atoms with Crippen molar-refractivity contribution in [3.05, 3.63) is 47.5 Å². The third-order valence-corrected chi connectivity index (χ3v) is 5.30. The Morgan fingerprint density at radius 3 is 2.63 bits per heavy atom. The monoisotopic (exact) mass is 429 g/mol. The molecule has 0 fully saturated rings. The van der Waals surface area contributed by atoms with Crippen LogP contribution in [0.5, 0.6) is 5.75 Å². The minimum atomic E-state index is -0.634. The largest absolute Gasteiger partial charge is 0.490 e. The Hall–Kier alpha value is -2.73. The molecular formula is C23H28ClN3O3. The fraction of sp³-hybridized carbons (Fsp3) is 0.391. The topological polar surface area (TPSA) is 70.7 Å². The second kappa shape index (κ2) is 8.96. The van der Waals surface area contributed by atoms with E-state index in [0.717, 1.165) is 6.42 Å². The number of benzene rings is 2. The molecule has 30 heavy (non-hydrogen) atoms. The summed E-state index contributed by atoms with van der Waals surface area (Å²) in [5, 5.41) is 5.99. The summed E-state index contributed by atoms with van der Waals surface area (Å²) < 4.78 is 5.93. The molecule has 0 radical (unpaired) electrons. The normalized spacial score (nSPS) is 15.3. The van der Waals surface area contributed by atoms with Crippen molar-refractivity contribution in [1.29, 1.82) is 0 Å². The molecular weight excluding hydrogens is 402 g/mol. The van der Waals surface area contributed by atoms with E-state index in [1.807, 2.05) is 13.8 Å². The van der Waals surface area contributed by atoms with E-state index < -0.39 is 11.4 Å². The van der Waals surface area contributed by atoms with Crippen molar-refractivity contribution >= 4 is 40.6 Å². The summed E-state index contributed by atoms with van der Waals surface area (Å²) >= 11 is 6.10. The summed E-state index contributed by atoms with van der Waals surface area (Å²) in [6.45, 7) is 8.92. The number of carbonyl (C=O) groups excluding carboxylic acids is 2. The summed E-state index contributed by atoms with van der Waals surface area (Å²) in [4.78, 5) is 27.4. The number of anilines is 3. The molecule has 160 valence electrons.